The van der Waals surface area contributed by atoms with E-state index in [1.54, 1.807) is 23.1 Å². The van der Waals surface area contributed by atoms with Gasteiger partial charge in [-0.25, -0.2) is 4.79 Å². The molecule has 156 valence electrons. The van der Waals surface area contributed by atoms with Crippen molar-refractivity contribution in [3.05, 3.63) is 39.5 Å². The molecule has 0 spiro atoms. The maximum Gasteiger partial charge on any atom is 0.318 e. The van der Waals surface area contributed by atoms with E-state index >= 15 is 0 Å². The van der Waals surface area contributed by atoms with E-state index in [9.17, 15) is 9.59 Å². The van der Waals surface area contributed by atoms with Crippen molar-refractivity contribution in [1.29, 1.82) is 0 Å². The van der Waals surface area contributed by atoms with Crippen LogP contribution in [0.25, 0.3) is 11.3 Å². The van der Waals surface area contributed by atoms with Crippen molar-refractivity contribution >= 4 is 35.1 Å². The molecule has 9 heteroatoms. The summed E-state index contributed by atoms with van der Waals surface area (Å²) in [6.45, 7) is 8.52. The van der Waals surface area contributed by atoms with E-state index in [-0.39, 0.29) is 24.2 Å². The van der Waals surface area contributed by atoms with Crippen LogP contribution in [0.3, 0.4) is 0 Å². The van der Waals surface area contributed by atoms with Gasteiger partial charge in [0.05, 0.1) is 33.9 Å². The minimum atomic E-state index is -0.597. The second-order valence-corrected chi connectivity index (χ2v) is 9.05. The number of nitrogens with two attached hydrogens (primary N) is 1. The number of aromatic nitrogens is 2. The van der Waals surface area contributed by atoms with Crippen molar-refractivity contribution < 1.29 is 9.59 Å². The lowest BCUT2D eigenvalue weighted by Crippen LogP contribution is -2.51. The standard InChI is InChI=1S/C20H25Cl2N5O2/c1-5-12-9-26(19(29)24-20(2,3)4)10-15-16(18(23)28)17(25-27(12)15)11-6-7-13(21)14(22)8-11/h6-8,12H,5,9-10H2,1-4H3,(H2,23,28)(H,24,29). The molecule has 0 saturated heterocycles. The van der Waals surface area contributed by atoms with E-state index in [4.69, 9.17) is 28.9 Å². The third kappa shape index (κ3) is 4.36. The zero-order valence-electron chi connectivity index (χ0n) is 16.9. The molecule has 29 heavy (non-hydrogen) atoms. The molecule has 2 heterocycles. The predicted molar refractivity (Wildman–Crippen MR) is 114 cm³/mol. The van der Waals surface area contributed by atoms with Gasteiger partial charge in [-0.15, -0.1) is 0 Å². The Morgan fingerprint density at radius 1 is 1.28 bits per heavy atom. The lowest BCUT2D eigenvalue weighted by Gasteiger charge is -2.35. The van der Waals surface area contributed by atoms with E-state index in [1.807, 2.05) is 32.4 Å². The number of benzene rings is 1. The van der Waals surface area contributed by atoms with Gasteiger partial charge in [0, 0.05) is 17.6 Å². The molecule has 3 N–H and O–H groups in total. The number of primary amides is 1. The summed E-state index contributed by atoms with van der Waals surface area (Å²) < 4.78 is 1.82. The Bertz CT molecular complexity index is 965. The molecule has 0 aliphatic carbocycles. The Kier molecular flexibility index (Phi) is 5.83. The zero-order chi connectivity index (χ0) is 21.5. The summed E-state index contributed by atoms with van der Waals surface area (Å²) in [5.74, 6) is -0.597. The quantitative estimate of drug-likeness (QED) is 0.751. The molecule has 1 aromatic carbocycles. The summed E-state index contributed by atoms with van der Waals surface area (Å²) in [4.78, 5) is 26.8. The van der Waals surface area contributed by atoms with Crippen LogP contribution in [0.5, 0.6) is 0 Å². The van der Waals surface area contributed by atoms with Crippen molar-refractivity contribution in [2.24, 2.45) is 5.73 Å². The van der Waals surface area contributed by atoms with Crippen LogP contribution in [0.2, 0.25) is 10.0 Å². The molecule has 0 radical (unpaired) electrons. The van der Waals surface area contributed by atoms with Crippen molar-refractivity contribution in [3.8, 4) is 11.3 Å². The number of nitrogens with zero attached hydrogens (tertiary/aromatic N) is 3. The molecule has 7 nitrogen and oxygen atoms in total. The summed E-state index contributed by atoms with van der Waals surface area (Å²) in [5.41, 5.74) is 7.38. The smallest absolute Gasteiger partial charge is 0.318 e. The number of fused-ring (bicyclic) bond motifs is 1. The largest absolute Gasteiger partial charge is 0.365 e. The fraction of sp³-hybridized carbons (Fsp3) is 0.450. The second-order valence-electron chi connectivity index (χ2n) is 8.23. The highest BCUT2D eigenvalue weighted by Crippen LogP contribution is 2.35. The summed E-state index contributed by atoms with van der Waals surface area (Å²) in [5, 5.41) is 8.44. The van der Waals surface area contributed by atoms with Gasteiger partial charge >= 0.3 is 6.03 Å². The Labute approximate surface area is 180 Å². The van der Waals surface area contributed by atoms with E-state index in [2.05, 4.69) is 10.4 Å². The van der Waals surface area contributed by atoms with Crippen LogP contribution in [-0.2, 0) is 6.54 Å². The lowest BCUT2D eigenvalue weighted by atomic mass is 10.0. The van der Waals surface area contributed by atoms with E-state index in [0.29, 0.717) is 39.1 Å². The number of halogens is 2. The van der Waals surface area contributed by atoms with Crippen molar-refractivity contribution in [2.75, 3.05) is 6.54 Å². The molecule has 1 aromatic heterocycles. The summed E-state index contributed by atoms with van der Waals surface area (Å²) in [6.07, 6.45) is 0.743. The average molecular weight is 438 g/mol. The minimum Gasteiger partial charge on any atom is -0.365 e. The molecule has 2 aromatic rings. The van der Waals surface area contributed by atoms with Gasteiger partial charge in [-0.2, -0.15) is 5.10 Å². The highest BCUT2D eigenvalue weighted by atomic mass is 35.5. The van der Waals surface area contributed by atoms with E-state index in [1.165, 1.54) is 0 Å². The third-order valence-electron chi connectivity index (χ3n) is 4.81. The molecule has 0 saturated carbocycles. The van der Waals surface area contributed by atoms with Crippen LogP contribution in [0, 0.1) is 0 Å². The van der Waals surface area contributed by atoms with Gasteiger partial charge in [-0.05, 0) is 39.3 Å². The highest BCUT2D eigenvalue weighted by Gasteiger charge is 2.34. The number of carbonyl (C=O) groups excluding carboxylic acids is 2. The number of hydrogen-bond donors (Lipinski definition) is 2. The molecule has 1 unspecified atom stereocenters. The Morgan fingerprint density at radius 2 is 1.97 bits per heavy atom. The van der Waals surface area contributed by atoms with Gasteiger partial charge in [-0.1, -0.05) is 36.2 Å². The molecule has 1 aliphatic rings. The predicted octanol–water partition coefficient (Wildman–Crippen LogP) is 4.23. The lowest BCUT2D eigenvalue weighted by molar-refractivity contribution is 0.0995. The number of rotatable bonds is 3. The Morgan fingerprint density at radius 3 is 2.52 bits per heavy atom. The SMILES string of the molecule is CCC1CN(C(=O)NC(C)(C)C)Cc2c(C(N)=O)c(-c3ccc(Cl)c(Cl)c3)nn21. The molecule has 3 amide bonds. The number of nitrogens with one attached hydrogen (secondary N) is 1. The van der Waals surface area contributed by atoms with Crippen LogP contribution < -0.4 is 11.1 Å². The van der Waals surface area contributed by atoms with E-state index < -0.39 is 5.91 Å². The fourth-order valence-corrected chi connectivity index (χ4v) is 3.76. The van der Waals surface area contributed by atoms with Crippen molar-refractivity contribution in [2.45, 2.75) is 52.2 Å². The van der Waals surface area contributed by atoms with Gasteiger partial charge in [0.1, 0.15) is 5.69 Å². The average Bonchev–Trinajstić information content (AvgIpc) is 3.01. The first kappa shape index (κ1) is 21.5. The maximum atomic E-state index is 12.8. The summed E-state index contributed by atoms with van der Waals surface area (Å²) >= 11 is 12.2. The second kappa shape index (κ2) is 7.88. The minimum absolute atomic E-state index is 0.0703. The Balaban J connectivity index is 2.08. The molecule has 0 bridgehead atoms. The van der Waals surface area contributed by atoms with Crippen molar-refractivity contribution in [1.82, 2.24) is 20.0 Å². The molecular formula is C20H25Cl2N5O2. The van der Waals surface area contributed by atoms with Crippen LogP contribution in [-0.4, -0.2) is 38.7 Å². The molecule has 0 fully saturated rings. The molecule has 3 rings (SSSR count). The normalized spacial score (nSPS) is 16.5. The van der Waals surface area contributed by atoms with Crippen molar-refractivity contribution in [3.63, 3.8) is 0 Å². The van der Waals surface area contributed by atoms with Gasteiger partial charge in [0.2, 0.25) is 0 Å². The molecule has 1 aliphatic heterocycles. The van der Waals surface area contributed by atoms with Gasteiger partial charge in [-0.3, -0.25) is 9.48 Å². The fourth-order valence-electron chi connectivity index (χ4n) is 3.46. The number of amides is 3. The zero-order valence-corrected chi connectivity index (χ0v) is 18.4. The van der Waals surface area contributed by atoms with Crippen LogP contribution >= 0.6 is 23.2 Å². The molecular weight excluding hydrogens is 413 g/mol. The molecule has 1 atom stereocenters. The number of carbonyl (C=O) groups is 2. The summed E-state index contributed by atoms with van der Waals surface area (Å²) in [6, 6.07) is 4.81. The monoisotopic (exact) mass is 437 g/mol. The topological polar surface area (TPSA) is 93.2 Å². The first-order valence-corrected chi connectivity index (χ1v) is 10.2. The first-order chi connectivity index (χ1) is 13.5. The first-order valence-electron chi connectivity index (χ1n) is 9.45. The number of hydrogen-bond acceptors (Lipinski definition) is 3. The van der Waals surface area contributed by atoms with Crippen LogP contribution in [0.4, 0.5) is 4.79 Å². The Hall–Kier alpha value is -2.25. The van der Waals surface area contributed by atoms with Gasteiger partial charge in [0.15, 0.2) is 0 Å². The highest BCUT2D eigenvalue weighted by molar-refractivity contribution is 6.42. The van der Waals surface area contributed by atoms with Crippen LogP contribution in [0.1, 0.15) is 56.2 Å². The van der Waals surface area contributed by atoms with Gasteiger partial charge in [0.25, 0.3) is 5.91 Å². The number of urea groups is 1. The van der Waals surface area contributed by atoms with Crippen LogP contribution in [0.15, 0.2) is 18.2 Å². The maximum absolute atomic E-state index is 12.8. The van der Waals surface area contributed by atoms with E-state index in [0.717, 1.165) is 6.42 Å². The summed E-state index contributed by atoms with van der Waals surface area (Å²) in [7, 11) is 0. The third-order valence-corrected chi connectivity index (χ3v) is 5.55. The van der Waals surface area contributed by atoms with Gasteiger partial charge < -0.3 is 16.0 Å².